The van der Waals surface area contributed by atoms with Gasteiger partial charge in [-0.05, 0) is 45.0 Å². The van der Waals surface area contributed by atoms with E-state index < -0.39 is 0 Å². The molecular weight excluding hydrogens is 306 g/mol. The zero-order valence-corrected chi connectivity index (χ0v) is 13.6. The molecule has 3 atom stereocenters. The molecule has 0 spiro atoms. The Kier molecular flexibility index (Phi) is 4.87. The summed E-state index contributed by atoms with van der Waals surface area (Å²) in [5.41, 5.74) is 2.39. The zero-order chi connectivity index (χ0) is 14.0. The molecular formula is C15H22BrNO2. The molecule has 1 N–H and O–H groups in total. The van der Waals surface area contributed by atoms with Gasteiger partial charge in [0.25, 0.3) is 0 Å². The summed E-state index contributed by atoms with van der Waals surface area (Å²) in [4.78, 5) is 0. The lowest BCUT2D eigenvalue weighted by atomic mass is 9.87. The molecule has 1 heterocycles. The molecule has 0 bridgehead atoms. The lowest BCUT2D eigenvalue weighted by molar-refractivity contribution is 0.0960. The van der Waals surface area contributed by atoms with Gasteiger partial charge in [0.15, 0.2) is 0 Å². The lowest BCUT2D eigenvalue weighted by Crippen LogP contribution is -2.29. The third-order valence-corrected chi connectivity index (χ3v) is 4.87. The fourth-order valence-electron chi connectivity index (χ4n) is 2.88. The van der Waals surface area contributed by atoms with E-state index in [0.717, 1.165) is 23.2 Å². The summed E-state index contributed by atoms with van der Waals surface area (Å²) in [6.45, 7) is 5.07. The molecule has 1 aromatic rings. The van der Waals surface area contributed by atoms with E-state index in [1.165, 1.54) is 11.1 Å². The zero-order valence-electron chi connectivity index (χ0n) is 12.0. The monoisotopic (exact) mass is 327 g/mol. The molecule has 0 aromatic heterocycles. The fraction of sp³-hybridized carbons (Fsp3) is 0.600. The summed E-state index contributed by atoms with van der Waals surface area (Å²) in [6.07, 6.45) is 1.36. The highest BCUT2D eigenvalue weighted by molar-refractivity contribution is 9.10. The first-order valence-corrected chi connectivity index (χ1v) is 7.50. The van der Waals surface area contributed by atoms with Crippen LogP contribution in [0.25, 0.3) is 0 Å². The van der Waals surface area contributed by atoms with E-state index in [1.807, 2.05) is 7.05 Å². The van der Waals surface area contributed by atoms with Crippen LogP contribution >= 0.6 is 15.9 Å². The summed E-state index contributed by atoms with van der Waals surface area (Å²) in [6, 6.07) is 4.51. The third-order valence-electron chi connectivity index (χ3n) is 4.02. The van der Waals surface area contributed by atoms with E-state index in [1.54, 1.807) is 7.11 Å². The molecule has 2 rings (SSSR count). The van der Waals surface area contributed by atoms with Gasteiger partial charge >= 0.3 is 0 Å². The van der Waals surface area contributed by atoms with Gasteiger partial charge in [0.05, 0.1) is 13.2 Å². The smallest absolute Gasteiger partial charge is 0.123 e. The molecule has 0 aliphatic carbocycles. The SMILES string of the molecule is CNC(c1cc(Br)c(C)cc1OC)C1CCOC1C. The van der Waals surface area contributed by atoms with Crippen molar-refractivity contribution in [3.05, 3.63) is 27.7 Å². The predicted octanol–water partition coefficient (Wildman–Crippen LogP) is 3.45. The van der Waals surface area contributed by atoms with Crippen molar-refractivity contribution in [2.75, 3.05) is 20.8 Å². The van der Waals surface area contributed by atoms with Crippen LogP contribution < -0.4 is 10.1 Å². The Morgan fingerprint density at radius 2 is 2.21 bits per heavy atom. The van der Waals surface area contributed by atoms with Gasteiger partial charge in [-0.2, -0.15) is 0 Å². The van der Waals surface area contributed by atoms with Crippen molar-refractivity contribution in [3.63, 3.8) is 0 Å². The first-order valence-electron chi connectivity index (χ1n) is 6.71. The first kappa shape index (κ1) is 14.8. The van der Waals surface area contributed by atoms with Crippen LogP contribution in [0.4, 0.5) is 0 Å². The van der Waals surface area contributed by atoms with Crippen LogP contribution in [0, 0.1) is 12.8 Å². The van der Waals surface area contributed by atoms with Crippen molar-refractivity contribution in [2.45, 2.75) is 32.4 Å². The van der Waals surface area contributed by atoms with Crippen molar-refractivity contribution in [1.29, 1.82) is 0 Å². The van der Waals surface area contributed by atoms with Crippen LogP contribution in [0.3, 0.4) is 0 Å². The van der Waals surface area contributed by atoms with Gasteiger partial charge in [-0.1, -0.05) is 15.9 Å². The maximum Gasteiger partial charge on any atom is 0.123 e. The molecule has 19 heavy (non-hydrogen) atoms. The summed E-state index contributed by atoms with van der Waals surface area (Å²) in [5.74, 6) is 1.42. The van der Waals surface area contributed by atoms with Crippen LogP contribution in [0.2, 0.25) is 0 Å². The number of nitrogens with one attached hydrogen (secondary N) is 1. The van der Waals surface area contributed by atoms with Crippen molar-refractivity contribution >= 4 is 15.9 Å². The average molecular weight is 328 g/mol. The number of hydrogen-bond donors (Lipinski definition) is 1. The summed E-state index contributed by atoms with van der Waals surface area (Å²) < 4.78 is 12.4. The summed E-state index contributed by atoms with van der Waals surface area (Å²) in [7, 11) is 3.73. The number of ether oxygens (including phenoxy) is 2. The Morgan fingerprint density at radius 3 is 2.74 bits per heavy atom. The largest absolute Gasteiger partial charge is 0.496 e. The highest BCUT2D eigenvalue weighted by Crippen LogP contribution is 2.39. The first-order chi connectivity index (χ1) is 9.08. The maximum atomic E-state index is 5.70. The van der Waals surface area contributed by atoms with Crippen molar-refractivity contribution in [3.8, 4) is 5.75 Å². The predicted molar refractivity (Wildman–Crippen MR) is 80.8 cm³/mol. The second-order valence-corrected chi connectivity index (χ2v) is 5.99. The molecule has 0 saturated carbocycles. The van der Waals surface area contributed by atoms with Crippen molar-refractivity contribution in [1.82, 2.24) is 5.32 Å². The van der Waals surface area contributed by atoms with Crippen LogP contribution in [0.5, 0.6) is 5.75 Å². The normalized spacial score (nSPS) is 24.5. The minimum atomic E-state index is 0.254. The highest BCUT2D eigenvalue weighted by Gasteiger charge is 2.33. The van der Waals surface area contributed by atoms with E-state index >= 15 is 0 Å². The molecule has 0 amide bonds. The van der Waals surface area contributed by atoms with Crippen molar-refractivity contribution < 1.29 is 9.47 Å². The van der Waals surface area contributed by atoms with E-state index in [-0.39, 0.29) is 12.1 Å². The lowest BCUT2D eigenvalue weighted by Gasteiger charge is -2.27. The fourth-order valence-corrected chi connectivity index (χ4v) is 3.24. The Bertz CT molecular complexity index is 450. The third kappa shape index (κ3) is 2.96. The van der Waals surface area contributed by atoms with Crippen LogP contribution in [0.15, 0.2) is 16.6 Å². The van der Waals surface area contributed by atoms with Gasteiger partial charge in [-0.3, -0.25) is 0 Å². The second kappa shape index (κ2) is 6.25. The number of benzene rings is 1. The molecule has 1 aliphatic rings. The Labute approximate surface area is 123 Å². The van der Waals surface area contributed by atoms with Gasteiger partial charge in [0, 0.05) is 28.6 Å². The van der Waals surface area contributed by atoms with Crippen LogP contribution in [-0.2, 0) is 4.74 Å². The Balaban J connectivity index is 2.39. The topological polar surface area (TPSA) is 30.5 Å². The molecule has 4 heteroatoms. The number of halogens is 1. The van der Waals surface area contributed by atoms with E-state index in [4.69, 9.17) is 9.47 Å². The highest BCUT2D eigenvalue weighted by atomic mass is 79.9. The number of aryl methyl sites for hydroxylation is 1. The van der Waals surface area contributed by atoms with Crippen molar-refractivity contribution in [2.24, 2.45) is 5.92 Å². The quantitative estimate of drug-likeness (QED) is 0.918. The molecule has 106 valence electrons. The Morgan fingerprint density at radius 1 is 1.47 bits per heavy atom. The van der Waals surface area contributed by atoms with Gasteiger partial charge in [0.2, 0.25) is 0 Å². The minimum Gasteiger partial charge on any atom is -0.496 e. The van der Waals surface area contributed by atoms with Gasteiger partial charge in [0.1, 0.15) is 5.75 Å². The molecule has 0 radical (unpaired) electrons. The number of hydrogen-bond acceptors (Lipinski definition) is 3. The number of rotatable bonds is 4. The van der Waals surface area contributed by atoms with Gasteiger partial charge < -0.3 is 14.8 Å². The summed E-state index contributed by atoms with van der Waals surface area (Å²) in [5, 5.41) is 3.43. The Hall–Kier alpha value is -0.580. The molecule has 1 aromatic carbocycles. The molecule has 1 aliphatic heterocycles. The van der Waals surface area contributed by atoms with Crippen LogP contribution in [-0.4, -0.2) is 26.9 Å². The van der Waals surface area contributed by atoms with Gasteiger partial charge in [-0.15, -0.1) is 0 Å². The maximum absolute atomic E-state index is 5.70. The van der Waals surface area contributed by atoms with E-state index in [9.17, 15) is 0 Å². The van der Waals surface area contributed by atoms with Gasteiger partial charge in [-0.25, -0.2) is 0 Å². The molecule has 3 unspecified atom stereocenters. The average Bonchev–Trinajstić information content (AvgIpc) is 2.81. The molecule has 1 saturated heterocycles. The standard InChI is InChI=1S/C15H22BrNO2/c1-9-7-14(18-4)12(8-13(9)16)15(17-3)11-5-6-19-10(11)2/h7-8,10-11,15,17H,5-6H2,1-4H3. The van der Waals surface area contributed by atoms with E-state index in [2.05, 4.69) is 47.2 Å². The molecule has 3 nitrogen and oxygen atoms in total. The minimum absolute atomic E-state index is 0.254. The number of methoxy groups -OCH3 is 1. The van der Waals surface area contributed by atoms with Crippen LogP contribution in [0.1, 0.15) is 30.5 Å². The second-order valence-electron chi connectivity index (χ2n) is 5.14. The summed E-state index contributed by atoms with van der Waals surface area (Å²) >= 11 is 3.62. The van der Waals surface area contributed by atoms with E-state index in [0.29, 0.717) is 5.92 Å². The molecule has 1 fully saturated rings.